The van der Waals surface area contributed by atoms with Crippen molar-refractivity contribution < 1.29 is 30.8 Å². The van der Waals surface area contributed by atoms with Crippen LogP contribution in [0.25, 0.3) is 0 Å². The van der Waals surface area contributed by atoms with E-state index in [0.29, 0.717) is 16.7 Å². The third-order valence-electron chi connectivity index (χ3n) is 4.78. The largest absolute Gasteiger partial charge is 0.295 e. The Balaban J connectivity index is 1.99. The molecule has 0 N–H and O–H groups in total. The molecule has 0 aliphatic carbocycles. The summed E-state index contributed by atoms with van der Waals surface area (Å²) in [6.07, 6.45) is 3.23. The highest BCUT2D eigenvalue weighted by Gasteiger charge is 2.32. The standard InChI is InChI=1S/C22H18F4N2O3S/c1-14(29)17-6-4-16(5-7-17)13-28(10-8-15-3-2-9-27-12-15)32(30,31)19-11-18(23)20(24)22(26)21(19)25/h2-7,9,11-12H,8,10,13H2,1H3. The van der Waals surface area contributed by atoms with Gasteiger partial charge in [0.05, 0.1) is 0 Å². The van der Waals surface area contributed by atoms with E-state index >= 15 is 0 Å². The van der Waals surface area contributed by atoms with Gasteiger partial charge in [-0.15, -0.1) is 0 Å². The summed E-state index contributed by atoms with van der Waals surface area (Å²) in [4.78, 5) is 14.1. The third kappa shape index (κ3) is 5.03. The van der Waals surface area contributed by atoms with Gasteiger partial charge in [-0.05, 0) is 30.5 Å². The highest BCUT2D eigenvalue weighted by molar-refractivity contribution is 7.89. The number of sulfonamides is 1. The van der Waals surface area contributed by atoms with Gasteiger partial charge in [0.15, 0.2) is 29.1 Å². The molecule has 0 atom stereocenters. The average molecular weight is 466 g/mol. The zero-order chi connectivity index (χ0) is 23.5. The van der Waals surface area contributed by atoms with Gasteiger partial charge in [-0.25, -0.2) is 26.0 Å². The molecule has 5 nitrogen and oxygen atoms in total. The molecule has 0 unspecified atom stereocenters. The fourth-order valence-electron chi connectivity index (χ4n) is 3.01. The molecule has 0 aliphatic heterocycles. The zero-order valence-electron chi connectivity index (χ0n) is 16.9. The molecule has 1 heterocycles. The lowest BCUT2D eigenvalue weighted by atomic mass is 10.1. The van der Waals surface area contributed by atoms with Crippen LogP contribution in [0.3, 0.4) is 0 Å². The molecular formula is C22H18F4N2O3S. The second-order valence-electron chi connectivity index (χ2n) is 7.00. The van der Waals surface area contributed by atoms with Gasteiger partial charge in [-0.1, -0.05) is 30.3 Å². The van der Waals surface area contributed by atoms with Crippen molar-refractivity contribution in [3.05, 3.63) is 94.8 Å². The molecule has 0 bridgehead atoms. The molecule has 0 saturated heterocycles. The van der Waals surface area contributed by atoms with Gasteiger partial charge in [0, 0.05) is 37.1 Å². The number of rotatable bonds is 8. The molecule has 0 spiro atoms. The maximum atomic E-state index is 14.3. The Kier molecular flexibility index (Phi) is 7.05. The van der Waals surface area contributed by atoms with Gasteiger partial charge < -0.3 is 0 Å². The lowest BCUT2D eigenvalue weighted by Crippen LogP contribution is -2.33. The first kappa shape index (κ1) is 23.6. The fraction of sp³-hybridized carbons (Fsp3) is 0.182. The number of hydrogen-bond donors (Lipinski definition) is 0. The molecule has 0 radical (unpaired) electrons. The van der Waals surface area contributed by atoms with Gasteiger partial charge in [0.25, 0.3) is 0 Å². The van der Waals surface area contributed by atoms with E-state index in [1.54, 1.807) is 12.1 Å². The second kappa shape index (κ2) is 9.58. The summed E-state index contributed by atoms with van der Waals surface area (Å²) in [6, 6.07) is 9.52. The topological polar surface area (TPSA) is 67.3 Å². The van der Waals surface area contributed by atoms with Crippen LogP contribution in [-0.2, 0) is 23.0 Å². The Labute approximate surface area is 182 Å². The fourth-order valence-corrected chi connectivity index (χ4v) is 4.51. The molecule has 0 saturated carbocycles. The molecular weight excluding hydrogens is 448 g/mol. The number of halogens is 4. The van der Waals surface area contributed by atoms with Crippen LogP contribution in [-0.4, -0.2) is 30.0 Å². The lowest BCUT2D eigenvalue weighted by molar-refractivity contribution is 0.101. The van der Waals surface area contributed by atoms with Crippen molar-refractivity contribution in [1.82, 2.24) is 9.29 Å². The van der Waals surface area contributed by atoms with E-state index in [9.17, 15) is 30.8 Å². The Hall–Kier alpha value is -3.11. The Bertz CT molecular complexity index is 1230. The molecule has 2 aromatic carbocycles. The van der Waals surface area contributed by atoms with Crippen LogP contribution < -0.4 is 0 Å². The van der Waals surface area contributed by atoms with Gasteiger partial charge >= 0.3 is 0 Å². The summed E-state index contributed by atoms with van der Waals surface area (Å²) in [5, 5.41) is 0. The van der Waals surface area contributed by atoms with Crippen molar-refractivity contribution in [2.75, 3.05) is 6.54 Å². The van der Waals surface area contributed by atoms with E-state index in [1.807, 2.05) is 0 Å². The van der Waals surface area contributed by atoms with E-state index in [4.69, 9.17) is 0 Å². The first-order valence-corrected chi connectivity index (χ1v) is 10.9. The number of aromatic nitrogens is 1. The van der Waals surface area contributed by atoms with Gasteiger partial charge in [-0.2, -0.15) is 4.31 Å². The molecule has 0 fully saturated rings. The molecule has 32 heavy (non-hydrogen) atoms. The van der Waals surface area contributed by atoms with E-state index in [1.165, 1.54) is 43.6 Å². The summed E-state index contributed by atoms with van der Waals surface area (Å²) in [5.74, 6) is -8.30. The summed E-state index contributed by atoms with van der Waals surface area (Å²) in [6.45, 7) is 0.920. The predicted octanol–water partition coefficient (Wildman–Crippen LogP) is 4.27. The van der Waals surface area contributed by atoms with Crippen LogP contribution in [0.2, 0.25) is 0 Å². The number of carbonyl (C=O) groups excluding carboxylic acids is 1. The molecule has 1 aromatic heterocycles. The lowest BCUT2D eigenvalue weighted by Gasteiger charge is -2.23. The number of ketones is 1. The van der Waals surface area contributed by atoms with Crippen molar-refractivity contribution in [2.24, 2.45) is 0 Å². The van der Waals surface area contributed by atoms with Gasteiger partial charge in [-0.3, -0.25) is 9.78 Å². The summed E-state index contributed by atoms with van der Waals surface area (Å²) in [7, 11) is -4.76. The van der Waals surface area contributed by atoms with Crippen LogP contribution >= 0.6 is 0 Å². The number of benzene rings is 2. The van der Waals surface area contributed by atoms with E-state index < -0.39 is 38.2 Å². The summed E-state index contributed by atoms with van der Waals surface area (Å²) < 4.78 is 82.2. The Morgan fingerprint density at radius 1 is 0.969 bits per heavy atom. The molecule has 10 heteroatoms. The molecule has 0 aliphatic rings. The van der Waals surface area contributed by atoms with Crippen LogP contribution in [0.5, 0.6) is 0 Å². The monoisotopic (exact) mass is 466 g/mol. The second-order valence-corrected chi connectivity index (χ2v) is 8.91. The SMILES string of the molecule is CC(=O)c1ccc(CN(CCc2cccnc2)S(=O)(=O)c2cc(F)c(F)c(F)c2F)cc1. The maximum Gasteiger partial charge on any atom is 0.246 e. The van der Waals surface area contributed by atoms with Crippen LogP contribution in [0.15, 0.2) is 59.8 Å². The molecule has 168 valence electrons. The van der Waals surface area contributed by atoms with Crippen molar-refractivity contribution in [1.29, 1.82) is 0 Å². The van der Waals surface area contributed by atoms with Crippen LogP contribution in [0.4, 0.5) is 17.6 Å². The third-order valence-corrected chi connectivity index (χ3v) is 6.62. The average Bonchev–Trinajstić information content (AvgIpc) is 2.78. The van der Waals surface area contributed by atoms with Gasteiger partial charge in [0.1, 0.15) is 4.90 Å². The first-order valence-electron chi connectivity index (χ1n) is 9.43. The first-order chi connectivity index (χ1) is 15.1. The van der Waals surface area contributed by atoms with E-state index in [2.05, 4.69) is 4.98 Å². The van der Waals surface area contributed by atoms with Crippen molar-refractivity contribution in [3.63, 3.8) is 0 Å². The smallest absolute Gasteiger partial charge is 0.246 e. The number of Topliss-reactive ketones (excluding diaryl/α,β-unsaturated/α-hetero) is 1. The summed E-state index contributed by atoms with van der Waals surface area (Å²) in [5.41, 5.74) is 1.54. The Morgan fingerprint density at radius 2 is 1.66 bits per heavy atom. The van der Waals surface area contributed by atoms with Gasteiger partial charge in [0.2, 0.25) is 10.0 Å². The van der Waals surface area contributed by atoms with Crippen LogP contribution in [0, 0.1) is 23.3 Å². The zero-order valence-corrected chi connectivity index (χ0v) is 17.7. The number of carbonyl (C=O) groups is 1. The number of nitrogens with zero attached hydrogens (tertiary/aromatic N) is 2. The maximum absolute atomic E-state index is 14.3. The predicted molar refractivity (Wildman–Crippen MR) is 108 cm³/mol. The quantitative estimate of drug-likeness (QED) is 0.215. The molecule has 0 amide bonds. The highest BCUT2D eigenvalue weighted by atomic mass is 32.2. The Morgan fingerprint density at radius 3 is 2.25 bits per heavy atom. The van der Waals surface area contributed by atoms with Crippen molar-refractivity contribution in [3.8, 4) is 0 Å². The number of pyridine rings is 1. The minimum absolute atomic E-state index is 0.124. The van der Waals surface area contributed by atoms with E-state index in [0.717, 1.165) is 4.31 Å². The van der Waals surface area contributed by atoms with Crippen molar-refractivity contribution in [2.45, 2.75) is 24.8 Å². The van der Waals surface area contributed by atoms with Crippen molar-refractivity contribution >= 4 is 15.8 Å². The van der Waals surface area contributed by atoms with E-state index in [-0.39, 0.29) is 31.4 Å². The summed E-state index contributed by atoms with van der Waals surface area (Å²) >= 11 is 0. The highest BCUT2D eigenvalue weighted by Crippen LogP contribution is 2.26. The minimum atomic E-state index is -4.76. The van der Waals surface area contributed by atoms with Crippen LogP contribution in [0.1, 0.15) is 28.4 Å². The minimum Gasteiger partial charge on any atom is -0.295 e. The normalized spacial score (nSPS) is 11.7. The number of hydrogen-bond acceptors (Lipinski definition) is 4. The molecule has 3 rings (SSSR count). The molecule has 3 aromatic rings.